The monoisotopic (exact) mass is 361 g/mol. The molecule has 1 aromatic carbocycles. The van der Waals surface area contributed by atoms with E-state index in [0.29, 0.717) is 16.8 Å². The third-order valence-electron chi connectivity index (χ3n) is 4.25. The maximum Gasteiger partial charge on any atom is 0.287 e. The molecule has 0 radical (unpaired) electrons. The molecule has 0 spiro atoms. The van der Waals surface area contributed by atoms with Gasteiger partial charge in [0.2, 0.25) is 5.82 Å². The van der Waals surface area contributed by atoms with Gasteiger partial charge in [-0.25, -0.2) is 4.98 Å². The molecule has 136 valence electrons. The van der Waals surface area contributed by atoms with E-state index in [1.54, 1.807) is 53.1 Å². The van der Waals surface area contributed by atoms with E-state index < -0.39 is 5.91 Å². The highest BCUT2D eigenvalue weighted by Gasteiger charge is 2.22. The molecule has 2 amide bonds. The van der Waals surface area contributed by atoms with Crippen molar-refractivity contribution in [2.24, 2.45) is 0 Å². The third-order valence-corrected chi connectivity index (χ3v) is 4.25. The Labute approximate surface area is 156 Å². The normalized spacial score (nSPS) is 11.6. The largest absolute Gasteiger partial charge is 0.347 e. The minimum Gasteiger partial charge on any atom is -0.347 e. The molecule has 2 heterocycles. The second-order valence-corrected chi connectivity index (χ2v) is 6.13. The van der Waals surface area contributed by atoms with Gasteiger partial charge in [-0.1, -0.05) is 25.1 Å². The number of benzene rings is 1. The molecule has 0 aliphatic rings. The van der Waals surface area contributed by atoms with E-state index >= 15 is 0 Å². The summed E-state index contributed by atoms with van der Waals surface area (Å²) < 4.78 is 1.59. The minimum atomic E-state index is -0.482. The Hall–Kier alpha value is -3.66. The summed E-state index contributed by atoms with van der Waals surface area (Å²) in [6.45, 7) is 3.88. The summed E-state index contributed by atoms with van der Waals surface area (Å²) in [5.74, 6) is -0.685. The summed E-state index contributed by atoms with van der Waals surface area (Å²) >= 11 is 0. The maximum absolute atomic E-state index is 12.8. The number of imidazole rings is 1. The number of hydrogen-bond acceptors (Lipinski definition) is 4. The molecule has 7 nitrogen and oxygen atoms in total. The number of carbonyl (C=O) groups excluding carboxylic acids is 2. The highest BCUT2D eigenvalue weighted by atomic mass is 16.2. The Bertz CT molecular complexity index is 1050. The van der Waals surface area contributed by atoms with Crippen LogP contribution in [-0.4, -0.2) is 27.2 Å². The zero-order chi connectivity index (χ0) is 19.4. The van der Waals surface area contributed by atoms with Crippen molar-refractivity contribution in [3.8, 4) is 6.07 Å². The van der Waals surface area contributed by atoms with Gasteiger partial charge in [0.05, 0.1) is 16.8 Å². The number of nitrogens with one attached hydrogen (secondary N) is 2. The standard InChI is InChI=1S/C20H19N5O2/c1-3-13(2)22-20(27)18-24-17(16-10-6-7-11-25(16)18)19(26)23-15-9-5-4-8-14(15)12-21/h4-11,13H,3H2,1-2H3,(H,22,27)(H,23,26). The number of fused-ring (bicyclic) bond motifs is 1. The van der Waals surface area contributed by atoms with Crippen LogP contribution >= 0.6 is 0 Å². The fourth-order valence-corrected chi connectivity index (χ4v) is 2.63. The topological polar surface area (TPSA) is 99.3 Å². The SMILES string of the molecule is CCC(C)NC(=O)c1nc(C(=O)Nc2ccccc2C#N)c2ccccn12. The zero-order valence-electron chi connectivity index (χ0n) is 15.1. The van der Waals surface area contributed by atoms with Crippen molar-refractivity contribution in [3.63, 3.8) is 0 Å². The number of rotatable bonds is 5. The first-order valence-corrected chi connectivity index (χ1v) is 8.63. The predicted octanol–water partition coefficient (Wildman–Crippen LogP) is 2.99. The Morgan fingerprint density at radius 2 is 1.93 bits per heavy atom. The molecule has 3 rings (SSSR count). The Kier molecular flexibility index (Phi) is 5.18. The van der Waals surface area contributed by atoms with Gasteiger partial charge >= 0.3 is 0 Å². The maximum atomic E-state index is 12.8. The molecule has 1 unspecified atom stereocenters. The lowest BCUT2D eigenvalue weighted by atomic mass is 10.2. The number of para-hydroxylation sites is 1. The van der Waals surface area contributed by atoms with E-state index in [1.807, 2.05) is 19.9 Å². The molecule has 2 N–H and O–H groups in total. The van der Waals surface area contributed by atoms with Gasteiger partial charge in [0.25, 0.3) is 11.8 Å². The van der Waals surface area contributed by atoms with Gasteiger partial charge in [-0.3, -0.25) is 14.0 Å². The van der Waals surface area contributed by atoms with E-state index in [0.717, 1.165) is 6.42 Å². The Morgan fingerprint density at radius 3 is 2.67 bits per heavy atom. The van der Waals surface area contributed by atoms with Gasteiger partial charge in [-0.2, -0.15) is 5.26 Å². The molecule has 27 heavy (non-hydrogen) atoms. The van der Waals surface area contributed by atoms with Crippen molar-refractivity contribution in [2.45, 2.75) is 26.3 Å². The van der Waals surface area contributed by atoms with E-state index in [2.05, 4.69) is 15.6 Å². The second-order valence-electron chi connectivity index (χ2n) is 6.13. The molecular formula is C20H19N5O2. The lowest BCUT2D eigenvalue weighted by Gasteiger charge is -2.10. The van der Waals surface area contributed by atoms with Gasteiger partial charge in [-0.15, -0.1) is 0 Å². The van der Waals surface area contributed by atoms with Gasteiger partial charge in [0.15, 0.2) is 5.69 Å². The molecule has 0 aliphatic heterocycles. The van der Waals surface area contributed by atoms with Crippen LogP contribution in [0.1, 0.15) is 46.9 Å². The van der Waals surface area contributed by atoms with Crippen molar-refractivity contribution in [2.75, 3.05) is 5.32 Å². The van der Waals surface area contributed by atoms with Gasteiger partial charge in [0, 0.05) is 12.2 Å². The number of carbonyl (C=O) groups is 2. The minimum absolute atomic E-state index is 0.00616. The summed E-state index contributed by atoms with van der Waals surface area (Å²) in [7, 11) is 0. The Balaban J connectivity index is 1.98. The van der Waals surface area contributed by atoms with Crippen molar-refractivity contribution in [1.29, 1.82) is 5.26 Å². The van der Waals surface area contributed by atoms with Gasteiger partial charge in [0.1, 0.15) is 6.07 Å². The molecule has 7 heteroatoms. The number of hydrogen-bond donors (Lipinski definition) is 2. The van der Waals surface area contributed by atoms with Crippen LogP contribution in [0.4, 0.5) is 5.69 Å². The van der Waals surface area contributed by atoms with Crippen LogP contribution in [0.25, 0.3) is 5.52 Å². The first-order chi connectivity index (χ1) is 13.0. The molecular weight excluding hydrogens is 342 g/mol. The number of amides is 2. The van der Waals surface area contributed by atoms with E-state index in [1.165, 1.54) is 0 Å². The van der Waals surface area contributed by atoms with Crippen LogP contribution in [-0.2, 0) is 0 Å². The zero-order valence-corrected chi connectivity index (χ0v) is 15.1. The van der Waals surface area contributed by atoms with Crippen molar-refractivity contribution in [1.82, 2.24) is 14.7 Å². The second kappa shape index (κ2) is 7.70. The molecule has 0 fully saturated rings. The molecule has 0 bridgehead atoms. The first-order valence-electron chi connectivity index (χ1n) is 8.63. The lowest BCUT2D eigenvalue weighted by molar-refractivity contribution is 0.0928. The molecule has 2 aromatic heterocycles. The van der Waals surface area contributed by atoms with Crippen molar-refractivity contribution in [3.05, 3.63) is 65.7 Å². The number of anilines is 1. The highest BCUT2D eigenvalue weighted by molar-refractivity contribution is 6.09. The van der Waals surface area contributed by atoms with E-state index in [4.69, 9.17) is 0 Å². The van der Waals surface area contributed by atoms with Crippen LogP contribution in [0, 0.1) is 11.3 Å². The summed E-state index contributed by atoms with van der Waals surface area (Å²) in [4.78, 5) is 29.6. The highest BCUT2D eigenvalue weighted by Crippen LogP contribution is 2.18. The predicted molar refractivity (Wildman–Crippen MR) is 102 cm³/mol. The van der Waals surface area contributed by atoms with Crippen LogP contribution < -0.4 is 10.6 Å². The fourth-order valence-electron chi connectivity index (χ4n) is 2.63. The van der Waals surface area contributed by atoms with Crippen LogP contribution in [0.5, 0.6) is 0 Å². The first kappa shape index (κ1) is 18.1. The van der Waals surface area contributed by atoms with Crippen molar-refractivity contribution >= 4 is 23.0 Å². The molecule has 0 saturated carbocycles. The summed E-state index contributed by atoms with van der Waals surface area (Å²) in [5.41, 5.74) is 1.38. The van der Waals surface area contributed by atoms with Crippen LogP contribution in [0.3, 0.4) is 0 Å². The smallest absolute Gasteiger partial charge is 0.287 e. The molecule has 0 aliphatic carbocycles. The quantitative estimate of drug-likeness (QED) is 0.730. The van der Waals surface area contributed by atoms with E-state index in [9.17, 15) is 14.9 Å². The lowest BCUT2D eigenvalue weighted by Crippen LogP contribution is -2.33. The van der Waals surface area contributed by atoms with Crippen LogP contribution in [0.2, 0.25) is 0 Å². The van der Waals surface area contributed by atoms with Gasteiger partial charge < -0.3 is 10.6 Å². The number of nitriles is 1. The molecule has 1 atom stereocenters. The van der Waals surface area contributed by atoms with Crippen LogP contribution in [0.15, 0.2) is 48.7 Å². The number of pyridine rings is 1. The Morgan fingerprint density at radius 1 is 1.19 bits per heavy atom. The third kappa shape index (κ3) is 3.65. The molecule has 3 aromatic rings. The average Bonchev–Trinajstić information content (AvgIpc) is 3.08. The average molecular weight is 361 g/mol. The summed E-state index contributed by atoms with van der Waals surface area (Å²) in [6, 6.07) is 14.0. The molecule has 0 saturated heterocycles. The number of nitrogens with zero attached hydrogens (tertiary/aromatic N) is 3. The summed E-state index contributed by atoms with van der Waals surface area (Å²) in [6.07, 6.45) is 2.47. The van der Waals surface area contributed by atoms with E-state index in [-0.39, 0.29) is 23.5 Å². The van der Waals surface area contributed by atoms with Gasteiger partial charge in [-0.05, 0) is 37.6 Å². The summed E-state index contributed by atoms with van der Waals surface area (Å²) in [5, 5.41) is 14.8. The van der Waals surface area contributed by atoms with Crippen molar-refractivity contribution < 1.29 is 9.59 Å². The number of aromatic nitrogens is 2. The fraction of sp³-hybridized carbons (Fsp3) is 0.200.